The minimum Gasteiger partial charge on any atom is -0.508 e. The molecule has 4 rings (SSSR count). The average molecular weight is 370 g/mol. The lowest BCUT2D eigenvalue weighted by atomic mass is 10.1. The van der Waals surface area contributed by atoms with Gasteiger partial charge in [0.2, 0.25) is 0 Å². The highest BCUT2D eigenvalue weighted by atomic mass is 32.2. The Bertz CT molecular complexity index is 1000. The van der Waals surface area contributed by atoms with E-state index in [1.807, 2.05) is 48.5 Å². The Kier molecular flexibility index (Phi) is 4.86. The third-order valence-corrected chi connectivity index (χ3v) is 5.24. The SMILES string of the molecule is Oc1cccc(-c2cccc(Sc3cccc(-c4cccc(O)c4)c3)c2)c1. The Morgan fingerprint density at radius 2 is 0.815 bits per heavy atom. The van der Waals surface area contributed by atoms with Crippen LogP contribution in [-0.2, 0) is 0 Å². The van der Waals surface area contributed by atoms with Crippen LogP contribution in [0.5, 0.6) is 11.5 Å². The molecular formula is C24H18O2S. The minimum absolute atomic E-state index is 0.268. The molecule has 0 amide bonds. The van der Waals surface area contributed by atoms with Crippen molar-refractivity contribution in [3.63, 3.8) is 0 Å². The summed E-state index contributed by atoms with van der Waals surface area (Å²) in [5.41, 5.74) is 4.12. The molecule has 0 aliphatic carbocycles. The Morgan fingerprint density at radius 3 is 1.22 bits per heavy atom. The van der Waals surface area contributed by atoms with Crippen molar-refractivity contribution in [2.24, 2.45) is 0 Å². The van der Waals surface area contributed by atoms with E-state index in [2.05, 4.69) is 24.3 Å². The van der Waals surface area contributed by atoms with Crippen molar-refractivity contribution in [1.82, 2.24) is 0 Å². The van der Waals surface area contributed by atoms with E-state index in [1.165, 1.54) is 0 Å². The third-order valence-electron chi connectivity index (χ3n) is 4.26. The zero-order chi connectivity index (χ0) is 18.6. The Labute approximate surface area is 162 Å². The zero-order valence-corrected chi connectivity index (χ0v) is 15.4. The number of phenols is 2. The molecule has 2 N–H and O–H groups in total. The molecule has 0 saturated carbocycles. The van der Waals surface area contributed by atoms with Gasteiger partial charge in [-0.15, -0.1) is 0 Å². The first-order valence-electron chi connectivity index (χ1n) is 8.64. The van der Waals surface area contributed by atoms with Gasteiger partial charge >= 0.3 is 0 Å². The van der Waals surface area contributed by atoms with Gasteiger partial charge in [-0.2, -0.15) is 0 Å². The first-order chi connectivity index (χ1) is 13.2. The van der Waals surface area contributed by atoms with Crippen LogP contribution in [0.4, 0.5) is 0 Å². The van der Waals surface area contributed by atoms with Crippen molar-refractivity contribution in [1.29, 1.82) is 0 Å². The first kappa shape index (κ1) is 17.3. The molecule has 0 heterocycles. The van der Waals surface area contributed by atoms with Crippen molar-refractivity contribution in [3.8, 4) is 33.8 Å². The molecule has 0 bridgehead atoms. The van der Waals surface area contributed by atoms with Crippen LogP contribution in [-0.4, -0.2) is 10.2 Å². The summed E-state index contributed by atoms with van der Waals surface area (Å²) in [6.07, 6.45) is 0. The molecular weight excluding hydrogens is 352 g/mol. The van der Waals surface area contributed by atoms with Gasteiger partial charge in [0.15, 0.2) is 0 Å². The normalized spacial score (nSPS) is 10.7. The molecule has 2 nitrogen and oxygen atoms in total. The van der Waals surface area contributed by atoms with Gasteiger partial charge in [-0.25, -0.2) is 0 Å². The summed E-state index contributed by atoms with van der Waals surface area (Å²) >= 11 is 1.69. The number of rotatable bonds is 4. The maximum atomic E-state index is 9.71. The Balaban J connectivity index is 1.61. The average Bonchev–Trinajstić information content (AvgIpc) is 2.68. The second-order valence-electron chi connectivity index (χ2n) is 6.26. The zero-order valence-electron chi connectivity index (χ0n) is 14.5. The van der Waals surface area contributed by atoms with E-state index >= 15 is 0 Å². The quantitative estimate of drug-likeness (QED) is 0.426. The maximum absolute atomic E-state index is 9.71. The van der Waals surface area contributed by atoms with Gasteiger partial charge in [0, 0.05) is 9.79 Å². The van der Waals surface area contributed by atoms with Gasteiger partial charge < -0.3 is 10.2 Å². The molecule has 132 valence electrons. The van der Waals surface area contributed by atoms with Crippen LogP contribution in [0.15, 0.2) is 107 Å². The molecule has 0 unspecified atom stereocenters. The van der Waals surface area contributed by atoms with Crippen LogP contribution in [0.25, 0.3) is 22.3 Å². The van der Waals surface area contributed by atoms with Gasteiger partial charge in [0.1, 0.15) is 11.5 Å². The monoisotopic (exact) mass is 370 g/mol. The van der Waals surface area contributed by atoms with Crippen LogP contribution in [0.2, 0.25) is 0 Å². The number of aromatic hydroxyl groups is 2. The van der Waals surface area contributed by atoms with Crippen molar-refractivity contribution < 1.29 is 10.2 Å². The third kappa shape index (κ3) is 4.15. The standard InChI is InChI=1S/C24H18O2S/c25-21-9-1-5-17(13-21)19-7-3-11-23(15-19)27-24-12-4-8-20(16-24)18-6-2-10-22(26)14-18/h1-16,25-26H. The first-order valence-corrected chi connectivity index (χ1v) is 9.46. The lowest BCUT2D eigenvalue weighted by Gasteiger charge is -2.08. The van der Waals surface area contributed by atoms with Gasteiger partial charge in [0.25, 0.3) is 0 Å². The van der Waals surface area contributed by atoms with E-state index in [-0.39, 0.29) is 11.5 Å². The van der Waals surface area contributed by atoms with Gasteiger partial charge in [0.05, 0.1) is 0 Å². The van der Waals surface area contributed by atoms with Crippen LogP contribution in [0.3, 0.4) is 0 Å². The predicted molar refractivity (Wildman–Crippen MR) is 111 cm³/mol. The highest BCUT2D eigenvalue weighted by Crippen LogP contribution is 2.34. The fraction of sp³-hybridized carbons (Fsp3) is 0. The van der Waals surface area contributed by atoms with Crippen molar-refractivity contribution in [2.75, 3.05) is 0 Å². The van der Waals surface area contributed by atoms with Crippen LogP contribution in [0, 0.1) is 0 Å². The summed E-state index contributed by atoms with van der Waals surface area (Å²) in [5, 5.41) is 19.4. The Hall–Kier alpha value is -3.17. The lowest BCUT2D eigenvalue weighted by Crippen LogP contribution is -1.81. The fourth-order valence-corrected chi connectivity index (χ4v) is 3.92. The van der Waals surface area contributed by atoms with Crippen LogP contribution >= 0.6 is 11.8 Å². The minimum atomic E-state index is 0.268. The smallest absolute Gasteiger partial charge is 0.116 e. The summed E-state index contributed by atoms with van der Waals surface area (Å²) in [4.78, 5) is 2.26. The highest BCUT2D eigenvalue weighted by Gasteiger charge is 2.05. The number of hydrogen-bond acceptors (Lipinski definition) is 3. The van der Waals surface area contributed by atoms with E-state index in [4.69, 9.17) is 0 Å². The summed E-state index contributed by atoms with van der Waals surface area (Å²) in [5.74, 6) is 0.536. The van der Waals surface area contributed by atoms with Crippen molar-refractivity contribution in [3.05, 3.63) is 97.1 Å². The molecule has 0 radical (unpaired) electrons. The fourth-order valence-electron chi connectivity index (χ4n) is 2.99. The highest BCUT2D eigenvalue weighted by molar-refractivity contribution is 7.99. The van der Waals surface area contributed by atoms with Gasteiger partial charge in [-0.3, -0.25) is 0 Å². The second-order valence-corrected chi connectivity index (χ2v) is 7.41. The molecule has 4 aromatic rings. The largest absolute Gasteiger partial charge is 0.508 e. The number of phenolic OH excluding ortho intramolecular Hbond substituents is 2. The van der Waals surface area contributed by atoms with E-state index in [0.717, 1.165) is 32.0 Å². The molecule has 3 heteroatoms. The summed E-state index contributed by atoms with van der Waals surface area (Å²) in [6, 6.07) is 31.1. The molecule has 0 spiro atoms. The Morgan fingerprint density at radius 1 is 0.444 bits per heavy atom. The maximum Gasteiger partial charge on any atom is 0.116 e. The predicted octanol–water partition coefficient (Wildman–Crippen LogP) is 6.58. The number of hydrogen-bond donors (Lipinski definition) is 2. The topological polar surface area (TPSA) is 40.5 Å². The van der Waals surface area contributed by atoms with E-state index in [9.17, 15) is 10.2 Å². The van der Waals surface area contributed by atoms with Crippen LogP contribution < -0.4 is 0 Å². The summed E-state index contributed by atoms with van der Waals surface area (Å²) in [6.45, 7) is 0. The van der Waals surface area contributed by atoms with Gasteiger partial charge in [-0.05, 0) is 70.8 Å². The van der Waals surface area contributed by atoms with E-state index in [1.54, 1.807) is 36.0 Å². The van der Waals surface area contributed by atoms with E-state index in [0.29, 0.717) is 0 Å². The molecule has 0 aliphatic heterocycles. The van der Waals surface area contributed by atoms with Crippen molar-refractivity contribution >= 4 is 11.8 Å². The lowest BCUT2D eigenvalue weighted by molar-refractivity contribution is 0.475. The van der Waals surface area contributed by atoms with Crippen LogP contribution in [0.1, 0.15) is 0 Å². The molecule has 4 aromatic carbocycles. The molecule has 0 fully saturated rings. The summed E-state index contributed by atoms with van der Waals surface area (Å²) in [7, 11) is 0. The van der Waals surface area contributed by atoms with Gasteiger partial charge in [-0.1, -0.05) is 60.3 Å². The summed E-state index contributed by atoms with van der Waals surface area (Å²) < 4.78 is 0. The molecule has 27 heavy (non-hydrogen) atoms. The molecule has 0 aliphatic rings. The molecule has 0 aromatic heterocycles. The molecule has 0 saturated heterocycles. The number of benzene rings is 4. The second kappa shape index (κ2) is 7.60. The molecule has 0 atom stereocenters. The van der Waals surface area contributed by atoms with E-state index < -0.39 is 0 Å². The van der Waals surface area contributed by atoms with Crippen molar-refractivity contribution in [2.45, 2.75) is 9.79 Å².